The van der Waals surface area contributed by atoms with Gasteiger partial charge in [-0.25, -0.2) is 0 Å². The number of para-hydroxylation sites is 1. The van der Waals surface area contributed by atoms with Gasteiger partial charge in [0.15, 0.2) is 0 Å². The van der Waals surface area contributed by atoms with E-state index in [9.17, 15) is 4.79 Å². The molecule has 1 aromatic carbocycles. The van der Waals surface area contributed by atoms with Crippen molar-refractivity contribution in [2.75, 3.05) is 6.54 Å². The molecule has 0 saturated carbocycles. The van der Waals surface area contributed by atoms with E-state index in [2.05, 4.69) is 10.3 Å². The highest BCUT2D eigenvalue weighted by Crippen LogP contribution is 2.15. The third-order valence-electron chi connectivity index (χ3n) is 2.41. The summed E-state index contributed by atoms with van der Waals surface area (Å²) >= 11 is 0. The summed E-state index contributed by atoms with van der Waals surface area (Å²) in [4.78, 5) is 16.1. The molecule has 0 spiro atoms. The summed E-state index contributed by atoms with van der Waals surface area (Å²) in [5, 5.41) is 3.85. The summed E-state index contributed by atoms with van der Waals surface area (Å²) in [5.41, 5.74) is 1.41. The van der Waals surface area contributed by atoms with Crippen LogP contribution in [0.2, 0.25) is 0 Å². The van der Waals surface area contributed by atoms with Crippen LogP contribution in [0.25, 0.3) is 10.9 Å². The van der Waals surface area contributed by atoms with Gasteiger partial charge in [-0.05, 0) is 18.6 Å². The lowest BCUT2D eigenvalue weighted by atomic mass is 10.1. The predicted molar refractivity (Wildman–Crippen MR) is 64.4 cm³/mol. The number of pyridine rings is 1. The van der Waals surface area contributed by atoms with Crippen molar-refractivity contribution in [3.05, 3.63) is 42.1 Å². The first-order valence-electron chi connectivity index (χ1n) is 5.45. The fourth-order valence-electron chi connectivity index (χ4n) is 1.62. The summed E-state index contributed by atoms with van der Waals surface area (Å²) in [6.07, 6.45) is 2.64. The number of nitrogens with zero attached hydrogens (tertiary/aromatic N) is 1. The summed E-state index contributed by atoms with van der Waals surface area (Å²) in [6, 6.07) is 9.47. The van der Waals surface area contributed by atoms with Crippen LogP contribution in [0.3, 0.4) is 0 Å². The van der Waals surface area contributed by atoms with Crippen LogP contribution in [-0.2, 0) is 0 Å². The van der Waals surface area contributed by atoms with Gasteiger partial charge in [-0.15, -0.1) is 0 Å². The monoisotopic (exact) mass is 214 g/mol. The van der Waals surface area contributed by atoms with Crippen LogP contribution in [0.15, 0.2) is 36.5 Å². The summed E-state index contributed by atoms with van der Waals surface area (Å²) in [5.74, 6) is -0.0499. The number of benzene rings is 1. The molecule has 1 amide bonds. The second-order valence-corrected chi connectivity index (χ2v) is 3.64. The van der Waals surface area contributed by atoms with Crippen molar-refractivity contribution in [2.45, 2.75) is 13.3 Å². The Morgan fingerprint density at radius 2 is 2.12 bits per heavy atom. The maximum atomic E-state index is 11.9. The molecule has 0 radical (unpaired) electrons. The lowest BCUT2D eigenvalue weighted by molar-refractivity contribution is 0.0955. The van der Waals surface area contributed by atoms with Crippen LogP contribution in [0.5, 0.6) is 0 Å². The highest BCUT2D eigenvalue weighted by atomic mass is 16.1. The molecule has 0 saturated heterocycles. The van der Waals surface area contributed by atoms with Gasteiger partial charge < -0.3 is 5.32 Å². The molecule has 2 rings (SSSR count). The van der Waals surface area contributed by atoms with Gasteiger partial charge in [0.05, 0.1) is 11.1 Å². The van der Waals surface area contributed by atoms with Crippen LogP contribution < -0.4 is 5.32 Å². The van der Waals surface area contributed by atoms with E-state index in [1.165, 1.54) is 0 Å². The SMILES string of the molecule is CCCNC(=O)c1cccc2cccnc12. The van der Waals surface area contributed by atoms with E-state index in [-0.39, 0.29) is 5.91 Å². The number of fused-ring (bicyclic) bond motifs is 1. The first-order chi connectivity index (χ1) is 7.83. The third-order valence-corrected chi connectivity index (χ3v) is 2.41. The van der Waals surface area contributed by atoms with Gasteiger partial charge in [0.2, 0.25) is 0 Å². The Bertz CT molecular complexity index is 503. The summed E-state index contributed by atoms with van der Waals surface area (Å²) in [7, 11) is 0. The second-order valence-electron chi connectivity index (χ2n) is 3.64. The highest BCUT2D eigenvalue weighted by molar-refractivity contribution is 6.05. The highest BCUT2D eigenvalue weighted by Gasteiger charge is 2.09. The van der Waals surface area contributed by atoms with Crippen molar-refractivity contribution in [2.24, 2.45) is 0 Å². The molecular formula is C13H14N2O. The van der Waals surface area contributed by atoms with Crippen molar-refractivity contribution in [3.8, 4) is 0 Å². The lowest BCUT2D eigenvalue weighted by Gasteiger charge is -2.05. The Hall–Kier alpha value is -1.90. The van der Waals surface area contributed by atoms with Crippen LogP contribution in [0.4, 0.5) is 0 Å². The molecule has 82 valence electrons. The number of hydrogen-bond donors (Lipinski definition) is 1. The largest absolute Gasteiger partial charge is 0.352 e. The van der Waals surface area contributed by atoms with Crippen molar-refractivity contribution in [1.82, 2.24) is 10.3 Å². The number of nitrogens with one attached hydrogen (secondary N) is 1. The van der Waals surface area contributed by atoms with Gasteiger partial charge in [0, 0.05) is 18.1 Å². The molecule has 3 heteroatoms. The molecule has 16 heavy (non-hydrogen) atoms. The van der Waals surface area contributed by atoms with E-state index in [1.54, 1.807) is 12.3 Å². The molecule has 1 aromatic heterocycles. The maximum absolute atomic E-state index is 11.9. The fraction of sp³-hybridized carbons (Fsp3) is 0.231. The van der Waals surface area contributed by atoms with E-state index < -0.39 is 0 Å². The number of amides is 1. The van der Waals surface area contributed by atoms with Crippen molar-refractivity contribution >= 4 is 16.8 Å². The molecule has 0 aliphatic rings. The van der Waals surface area contributed by atoms with Crippen molar-refractivity contribution < 1.29 is 4.79 Å². The van der Waals surface area contributed by atoms with Gasteiger partial charge in [0.1, 0.15) is 0 Å². The number of aromatic nitrogens is 1. The number of carbonyl (C=O) groups excluding carboxylic acids is 1. The zero-order valence-electron chi connectivity index (χ0n) is 9.23. The van der Waals surface area contributed by atoms with Crippen LogP contribution >= 0.6 is 0 Å². The molecule has 0 aliphatic carbocycles. The Labute approximate surface area is 94.5 Å². The standard InChI is InChI=1S/C13H14N2O/c1-2-8-15-13(16)11-7-3-5-10-6-4-9-14-12(10)11/h3-7,9H,2,8H2,1H3,(H,15,16). The molecule has 1 heterocycles. The Morgan fingerprint density at radius 1 is 1.31 bits per heavy atom. The average Bonchev–Trinajstić information content (AvgIpc) is 2.35. The van der Waals surface area contributed by atoms with Gasteiger partial charge >= 0.3 is 0 Å². The summed E-state index contributed by atoms with van der Waals surface area (Å²) in [6.45, 7) is 2.73. The van der Waals surface area contributed by atoms with Crippen molar-refractivity contribution in [3.63, 3.8) is 0 Å². The minimum Gasteiger partial charge on any atom is -0.352 e. The molecule has 0 aliphatic heterocycles. The lowest BCUT2D eigenvalue weighted by Crippen LogP contribution is -2.24. The van der Waals surface area contributed by atoms with Gasteiger partial charge in [-0.3, -0.25) is 9.78 Å². The molecule has 0 bridgehead atoms. The third kappa shape index (κ3) is 2.03. The smallest absolute Gasteiger partial charge is 0.253 e. The molecule has 1 N–H and O–H groups in total. The quantitative estimate of drug-likeness (QED) is 0.852. The number of rotatable bonds is 3. The fourth-order valence-corrected chi connectivity index (χ4v) is 1.62. The van der Waals surface area contributed by atoms with Crippen LogP contribution in [0, 0.1) is 0 Å². The number of hydrogen-bond acceptors (Lipinski definition) is 2. The summed E-state index contributed by atoms with van der Waals surface area (Å²) < 4.78 is 0. The van der Waals surface area contributed by atoms with Crippen LogP contribution in [0.1, 0.15) is 23.7 Å². The topological polar surface area (TPSA) is 42.0 Å². The number of carbonyl (C=O) groups is 1. The average molecular weight is 214 g/mol. The molecule has 0 atom stereocenters. The Morgan fingerprint density at radius 3 is 2.94 bits per heavy atom. The predicted octanol–water partition coefficient (Wildman–Crippen LogP) is 2.37. The molecular weight excluding hydrogens is 200 g/mol. The van der Waals surface area contributed by atoms with E-state index in [1.807, 2.05) is 31.2 Å². The van der Waals surface area contributed by atoms with Crippen LogP contribution in [-0.4, -0.2) is 17.4 Å². The van der Waals surface area contributed by atoms with Gasteiger partial charge in [-0.2, -0.15) is 0 Å². The molecule has 0 fully saturated rings. The first-order valence-corrected chi connectivity index (χ1v) is 5.45. The van der Waals surface area contributed by atoms with Crippen molar-refractivity contribution in [1.29, 1.82) is 0 Å². The zero-order valence-corrected chi connectivity index (χ0v) is 9.23. The van der Waals surface area contributed by atoms with E-state index in [0.717, 1.165) is 17.3 Å². The molecule has 0 unspecified atom stereocenters. The Kier molecular flexibility index (Phi) is 3.15. The minimum atomic E-state index is -0.0499. The maximum Gasteiger partial charge on any atom is 0.253 e. The van der Waals surface area contributed by atoms with E-state index in [0.29, 0.717) is 12.1 Å². The molecule has 3 nitrogen and oxygen atoms in total. The van der Waals surface area contributed by atoms with E-state index in [4.69, 9.17) is 0 Å². The second kappa shape index (κ2) is 4.75. The Balaban J connectivity index is 2.40. The van der Waals surface area contributed by atoms with E-state index >= 15 is 0 Å². The normalized spacial score (nSPS) is 10.3. The first kappa shape index (κ1) is 10.6. The van der Waals surface area contributed by atoms with Gasteiger partial charge in [0.25, 0.3) is 5.91 Å². The minimum absolute atomic E-state index is 0.0499. The molecule has 2 aromatic rings. The zero-order chi connectivity index (χ0) is 11.4. The van der Waals surface area contributed by atoms with Gasteiger partial charge in [-0.1, -0.05) is 25.1 Å².